The van der Waals surface area contributed by atoms with Crippen LogP contribution in [0.15, 0.2) is 47.3 Å². The van der Waals surface area contributed by atoms with E-state index in [1.807, 2.05) is 32.0 Å². The lowest BCUT2D eigenvalue weighted by Crippen LogP contribution is -2.31. The highest BCUT2D eigenvalue weighted by Gasteiger charge is 2.18. The van der Waals surface area contributed by atoms with Gasteiger partial charge in [-0.2, -0.15) is 5.10 Å². The number of hydrogen-bond donors (Lipinski definition) is 1. The van der Waals surface area contributed by atoms with Gasteiger partial charge in [-0.25, -0.2) is 4.68 Å². The van der Waals surface area contributed by atoms with Crippen molar-refractivity contribution in [2.45, 2.75) is 26.9 Å². The highest BCUT2D eigenvalue weighted by atomic mass is 16.7. The maximum Gasteiger partial charge on any atom is 0.274 e. The molecule has 1 aromatic heterocycles. The number of carbonyl (C=O) groups excluding carboxylic acids is 1. The lowest BCUT2D eigenvalue weighted by atomic mass is 10.1. The molecule has 0 bridgehead atoms. The van der Waals surface area contributed by atoms with E-state index >= 15 is 0 Å². The van der Waals surface area contributed by atoms with Crippen molar-refractivity contribution in [3.8, 4) is 11.5 Å². The first kappa shape index (κ1) is 18.0. The lowest BCUT2D eigenvalue weighted by molar-refractivity contribution is 0.0945. The van der Waals surface area contributed by atoms with Crippen LogP contribution in [0.5, 0.6) is 11.5 Å². The molecule has 2 heterocycles. The number of hydrogen-bond acceptors (Lipinski definition) is 5. The standard InChI is InChI=1S/C21H21N3O4/c1-13(2)11-24-21(26)16-6-4-3-5-15(16)19(23-24)20(25)22-10-14-7-8-17-18(9-14)28-12-27-17/h3-9,13H,10-12H2,1-2H3,(H,22,25). The highest BCUT2D eigenvalue weighted by Crippen LogP contribution is 2.32. The monoisotopic (exact) mass is 379 g/mol. The van der Waals surface area contributed by atoms with Gasteiger partial charge in [0.1, 0.15) is 0 Å². The van der Waals surface area contributed by atoms with Crippen LogP contribution >= 0.6 is 0 Å². The molecule has 1 N–H and O–H groups in total. The van der Waals surface area contributed by atoms with Crippen molar-refractivity contribution in [1.82, 2.24) is 15.1 Å². The Morgan fingerprint density at radius 3 is 2.68 bits per heavy atom. The highest BCUT2D eigenvalue weighted by molar-refractivity contribution is 6.04. The second-order valence-corrected chi connectivity index (χ2v) is 7.15. The predicted molar refractivity (Wildman–Crippen MR) is 105 cm³/mol. The summed E-state index contributed by atoms with van der Waals surface area (Å²) in [5.41, 5.74) is 0.950. The topological polar surface area (TPSA) is 82.5 Å². The van der Waals surface area contributed by atoms with Crippen LogP contribution in [0.3, 0.4) is 0 Å². The molecule has 0 fully saturated rings. The SMILES string of the molecule is CC(C)Cn1nc(C(=O)NCc2ccc3c(c2)OCO3)c2ccccc2c1=O. The van der Waals surface area contributed by atoms with Crippen molar-refractivity contribution in [1.29, 1.82) is 0 Å². The predicted octanol–water partition coefficient (Wildman–Crippen LogP) is 2.71. The first-order valence-electron chi connectivity index (χ1n) is 9.19. The van der Waals surface area contributed by atoms with Crippen LogP contribution in [-0.4, -0.2) is 22.5 Å². The maximum absolute atomic E-state index is 12.9. The fourth-order valence-corrected chi connectivity index (χ4v) is 3.19. The second kappa shape index (κ2) is 7.34. The number of benzene rings is 2. The summed E-state index contributed by atoms with van der Waals surface area (Å²) in [6.45, 7) is 4.98. The number of nitrogens with zero attached hydrogens (tertiary/aromatic N) is 2. The summed E-state index contributed by atoms with van der Waals surface area (Å²) in [6.07, 6.45) is 0. The smallest absolute Gasteiger partial charge is 0.274 e. The Kier molecular flexibility index (Phi) is 4.73. The first-order chi connectivity index (χ1) is 13.5. The van der Waals surface area contributed by atoms with Crippen LogP contribution in [0, 0.1) is 5.92 Å². The largest absolute Gasteiger partial charge is 0.454 e. The Balaban J connectivity index is 1.63. The summed E-state index contributed by atoms with van der Waals surface area (Å²) in [7, 11) is 0. The van der Waals surface area contributed by atoms with Crippen molar-refractivity contribution in [3.63, 3.8) is 0 Å². The van der Waals surface area contributed by atoms with Gasteiger partial charge in [-0.05, 0) is 29.7 Å². The minimum Gasteiger partial charge on any atom is -0.454 e. The first-order valence-corrected chi connectivity index (χ1v) is 9.19. The Morgan fingerprint density at radius 2 is 1.89 bits per heavy atom. The molecule has 0 unspecified atom stereocenters. The molecule has 28 heavy (non-hydrogen) atoms. The number of aromatic nitrogens is 2. The molecule has 4 rings (SSSR count). The van der Waals surface area contributed by atoms with E-state index < -0.39 is 0 Å². The van der Waals surface area contributed by atoms with E-state index in [9.17, 15) is 9.59 Å². The molecule has 7 nitrogen and oxygen atoms in total. The Bertz CT molecular complexity index is 1100. The number of carbonyl (C=O) groups is 1. The minimum absolute atomic E-state index is 0.184. The third-order valence-corrected chi connectivity index (χ3v) is 4.51. The zero-order chi connectivity index (χ0) is 19.7. The molecule has 1 aliphatic heterocycles. The van der Waals surface area contributed by atoms with Crippen LogP contribution in [-0.2, 0) is 13.1 Å². The average molecular weight is 379 g/mol. The Hall–Kier alpha value is -3.35. The quantitative estimate of drug-likeness (QED) is 0.737. The van der Waals surface area contributed by atoms with E-state index in [0.717, 1.165) is 5.56 Å². The van der Waals surface area contributed by atoms with Gasteiger partial charge in [0.2, 0.25) is 6.79 Å². The summed E-state index contributed by atoms with van der Waals surface area (Å²) in [6, 6.07) is 12.6. The molecule has 0 radical (unpaired) electrons. The molecular weight excluding hydrogens is 358 g/mol. The summed E-state index contributed by atoms with van der Waals surface area (Å²) in [4.78, 5) is 25.5. The van der Waals surface area contributed by atoms with Gasteiger partial charge in [-0.15, -0.1) is 0 Å². The molecule has 3 aromatic rings. The molecule has 0 spiro atoms. The summed E-state index contributed by atoms with van der Waals surface area (Å²) >= 11 is 0. The molecule has 144 valence electrons. The normalized spacial score (nSPS) is 12.5. The van der Waals surface area contributed by atoms with Crippen molar-refractivity contribution in [2.75, 3.05) is 6.79 Å². The number of rotatable bonds is 5. The van der Waals surface area contributed by atoms with E-state index in [1.165, 1.54) is 4.68 Å². The van der Waals surface area contributed by atoms with Crippen molar-refractivity contribution in [2.24, 2.45) is 5.92 Å². The van der Waals surface area contributed by atoms with E-state index in [-0.39, 0.29) is 29.9 Å². The van der Waals surface area contributed by atoms with Crippen molar-refractivity contribution < 1.29 is 14.3 Å². The maximum atomic E-state index is 12.9. The molecular formula is C21H21N3O4. The molecule has 2 aromatic carbocycles. The van der Waals surface area contributed by atoms with Crippen LogP contribution in [0.2, 0.25) is 0 Å². The van der Waals surface area contributed by atoms with E-state index in [1.54, 1.807) is 24.3 Å². The Labute approximate surface area is 161 Å². The van der Waals surface area contributed by atoms with Crippen LogP contribution in [0.25, 0.3) is 10.8 Å². The molecule has 0 saturated heterocycles. The van der Waals surface area contributed by atoms with Crippen molar-refractivity contribution >= 4 is 16.7 Å². The van der Waals surface area contributed by atoms with Crippen LogP contribution < -0.4 is 20.3 Å². The Morgan fingerprint density at radius 1 is 1.14 bits per heavy atom. The van der Waals surface area contributed by atoms with Gasteiger partial charge in [0.05, 0.1) is 5.39 Å². The van der Waals surface area contributed by atoms with Gasteiger partial charge in [0.15, 0.2) is 17.2 Å². The van der Waals surface area contributed by atoms with Gasteiger partial charge in [-0.1, -0.05) is 38.1 Å². The number of fused-ring (bicyclic) bond motifs is 2. The number of nitrogens with one attached hydrogen (secondary N) is 1. The third kappa shape index (κ3) is 3.43. The minimum atomic E-state index is -0.327. The fourth-order valence-electron chi connectivity index (χ4n) is 3.19. The molecule has 0 atom stereocenters. The van der Waals surface area contributed by atoms with Gasteiger partial charge < -0.3 is 14.8 Å². The van der Waals surface area contributed by atoms with E-state index in [2.05, 4.69) is 10.4 Å². The van der Waals surface area contributed by atoms with Gasteiger partial charge in [0, 0.05) is 18.5 Å². The molecule has 0 saturated carbocycles. The summed E-state index contributed by atoms with van der Waals surface area (Å²) in [5.74, 6) is 1.27. The molecule has 1 aliphatic rings. The number of ether oxygens (including phenoxy) is 2. The van der Waals surface area contributed by atoms with Gasteiger partial charge >= 0.3 is 0 Å². The van der Waals surface area contributed by atoms with Gasteiger partial charge in [-0.3, -0.25) is 9.59 Å². The summed E-state index contributed by atoms with van der Waals surface area (Å²) in [5, 5.41) is 8.29. The van der Waals surface area contributed by atoms with E-state index in [4.69, 9.17) is 9.47 Å². The zero-order valence-corrected chi connectivity index (χ0v) is 15.8. The third-order valence-electron chi connectivity index (χ3n) is 4.51. The fraction of sp³-hybridized carbons (Fsp3) is 0.286. The second-order valence-electron chi connectivity index (χ2n) is 7.15. The van der Waals surface area contributed by atoms with Crippen LogP contribution in [0.1, 0.15) is 29.9 Å². The van der Waals surface area contributed by atoms with Crippen LogP contribution in [0.4, 0.5) is 0 Å². The zero-order valence-electron chi connectivity index (χ0n) is 15.8. The van der Waals surface area contributed by atoms with Gasteiger partial charge in [0.25, 0.3) is 11.5 Å². The molecule has 1 amide bonds. The van der Waals surface area contributed by atoms with E-state index in [0.29, 0.717) is 35.4 Å². The van der Waals surface area contributed by atoms with Crippen molar-refractivity contribution in [3.05, 3.63) is 64.1 Å². The lowest BCUT2D eigenvalue weighted by Gasteiger charge is -2.13. The molecule has 0 aliphatic carbocycles. The number of amides is 1. The molecule has 7 heteroatoms. The summed E-state index contributed by atoms with van der Waals surface area (Å²) < 4.78 is 12.0. The average Bonchev–Trinajstić information content (AvgIpc) is 3.16.